The highest BCUT2D eigenvalue weighted by Gasteiger charge is 2.15. The van der Waals surface area contributed by atoms with E-state index >= 15 is 0 Å². The Hall–Kier alpha value is -2.33. The Morgan fingerprint density at radius 3 is 2.33 bits per heavy atom. The van der Waals surface area contributed by atoms with Crippen LogP contribution in [0.15, 0.2) is 30.3 Å². The van der Waals surface area contributed by atoms with Gasteiger partial charge in [-0.15, -0.1) is 0 Å². The molecule has 0 unspecified atom stereocenters. The average molecular weight is 389 g/mol. The van der Waals surface area contributed by atoms with Crippen LogP contribution in [0.3, 0.4) is 0 Å². The van der Waals surface area contributed by atoms with E-state index in [-0.39, 0.29) is 24.9 Å². The van der Waals surface area contributed by atoms with E-state index in [4.69, 9.17) is 21.1 Å². The lowest BCUT2D eigenvalue weighted by atomic mass is 10.0. The summed E-state index contributed by atoms with van der Waals surface area (Å²) < 4.78 is 10.7. The molecule has 2 rings (SSSR count). The lowest BCUT2D eigenvalue weighted by Crippen LogP contribution is -2.20. The molecule has 0 aromatic heterocycles. The molecular weight excluding hydrogens is 364 g/mol. The fourth-order valence-corrected chi connectivity index (χ4v) is 2.95. The van der Waals surface area contributed by atoms with Gasteiger partial charge in [0, 0.05) is 10.6 Å². The molecule has 2 aromatic rings. The van der Waals surface area contributed by atoms with Gasteiger partial charge in [0.2, 0.25) is 5.78 Å². The minimum absolute atomic E-state index is 0.195. The van der Waals surface area contributed by atoms with E-state index in [1.807, 2.05) is 58.9 Å². The number of hydrogen-bond acceptors (Lipinski definition) is 4. The van der Waals surface area contributed by atoms with Crippen LogP contribution in [-0.2, 0) is 9.53 Å². The van der Waals surface area contributed by atoms with Crippen LogP contribution in [0.5, 0.6) is 5.75 Å². The van der Waals surface area contributed by atoms with Gasteiger partial charge < -0.3 is 9.47 Å². The van der Waals surface area contributed by atoms with E-state index in [0.717, 1.165) is 22.3 Å². The van der Waals surface area contributed by atoms with E-state index in [1.165, 1.54) is 0 Å². The lowest BCUT2D eigenvalue weighted by molar-refractivity contribution is -0.144. The SMILES string of the molecule is Cc1ccc(C(=O)COC(=O)COc2cc(C)c(Cl)cc2C(C)C)c(C)c1. The Morgan fingerprint density at radius 1 is 1.00 bits per heavy atom. The maximum Gasteiger partial charge on any atom is 0.344 e. The van der Waals surface area contributed by atoms with Gasteiger partial charge in [0.05, 0.1) is 0 Å². The number of esters is 1. The first-order valence-corrected chi connectivity index (χ1v) is 9.25. The molecule has 0 bridgehead atoms. The standard InChI is InChI=1S/C22H25ClO4/c1-13(2)18-10-19(23)16(5)9-21(18)26-12-22(25)27-11-20(24)17-7-6-14(3)8-15(17)4/h6-10,13H,11-12H2,1-5H3. The Bertz CT molecular complexity index is 856. The topological polar surface area (TPSA) is 52.6 Å². The highest BCUT2D eigenvalue weighted by Crippen LogP contribution is 2.32. The maximum absolute atomic E-state index is 12.2. The Kier molecular flexibility index (Phi) is 7.03. The second-order valence-corrected chi connectivity index (χ2v) is 7.39. The molecule has 0 spiro atoms. The van der Waals surface area contributed by atoms with Crippen molar-refractivity contribution in [2.75, 3.05) is 13.2 Å². The summed E-state index contributed by atoms with van der Waals surface area (Å²) in [5.41, 5.74) is 4.29. The third-order valence-electron chi connectivity index (χ3n) is 4.31. The molecule has 0 aliphatic carbocycles. The maximum atomic E-state index is 12.2. The first kappa shape index (κ1) is 21.0. The minimum Gasteiger partial charge on any atom is -0.482 e. The molecule has 0 heterocycles. The summed E-state index contributed by atoms with van der Waals surface area (Å²) in [6.45, 7) is 9.18. The molecule has 0 saturated heterocycles. The summed E-state index contributed by atoms with van der Waals surface area (Å²) in [4.78, 5) is 24.2. The zero-order valence-corrected chi connectivity index (χ0v) is 17.1. The summed E-state index contributed by atoms with van der Waals surface area (Å²) in [7, 11) is 0. The van der Waals surface area contributed by atoms with E-state index in [1.54, 1.807) is 6.07 Å². The molecule has 4 nitrogen and oxygen atoms in total. The third-order valence-corrected chi connectivity index (χ3v) is 4.71. The number of aryl methyl sites for hydroxylation is 3. The highest BCUT2D eigenvalue weighted by molar-refractivity contribution is 6.31. The van der Waals surface area contributed by atoms with E-state index in [2.05, 4.69) is 0 Å². The highest BCUT2D eigenvalue weighted by atomic mass is 35.5. The molecule has 0 aliphatic heterocycles. The summed E-state index contributed by atoms with van der Waals surface area (Å²) in [6, 6.07) is 9.20. The van der Waals surface area contributed by atoms with Gasteiger partial charge in [-0.25, -0.2) is 4.79 Å². The lowest BCUT2D eigenvalue weighted by Gasteiger charge is -2.15. The minimum atomic E-state index is -0.588. The first-order chi connectivity index (χ1) is 12.7. The molecular formula is C22H25ClO4. The molecule has 0 fully saturated rings. The van der Waals surface area contributed by atoms with Crippen LogP contribution in [0.1, 0.15) is 52.4 Å². The molecule has 27 heavy (non-hydrogen) atoms. The van der Waals surface area contributed by atoms with Crippen LogP contribution >= 0.6 is 11.6 Å². The van der Waals surface area contributed by atoms with Crippen molar-refractivity contribution in [3.05, 3.63) is 63.2 Å². The predicted octanol–water partition coefficient (Wildman–Crippen LogP) is 5.19. The zero-order chi connectivity index (χ0) is 20.1. The molecule has 144 valence electrons. The largest absolute Gasteiger partial charge is 0.482 e. The van der Waals surface area contributed by atoms with E-state index < -0.39 is 5.97 Å². The zero-order valence-electron chi connectivity index (χ0n) is 16.4. The number of rotatable bonds is 7. The van der Waals surface area contributed by atoms with Crippen LogP contribution < -0.4 is 4.74 Å². The molecule has 0 amide bonds. The fourth-order valence-electron chi connectivity index (χ4n) is 2.78. The summed E-state index contributed by atoms with van der Waals surface area (Å²) in [5.74, 6) is -0.0220. The van der Waals surface area contributed by atoms with Crippen LogP contribution in [-0.4, -0.2) is 25.0 Å². The van der Waals surface area contributed by atoms with Crippen molar-refractivity contribution in [3.8, 4) is 5.75 Å². The molecule has 0 radical (unpaired) electrons. The number of halogens is 1. The monoisotopic (exact) mass is 388 g/mol. The molecule has 5 heteroatoms. The fraction of sp³-hybridized carbons (Fsp3) is 0.364. The van der Waals surface area contributed by atoms with Crippen molar-refractivity contribution in [3.63, 3.8) is 0 Å². The van der Waals surface area contributed by atoms with Crippen molar-refractivity contribution in [2.45, 2.75) is 40.5 Å². The summed E-state index contributed by atoms with van der Waals surface area (Å²) >= 11 is 6.17. The van der Waals surface area contributed by atoms with Gasteiger partial charge in [-0.2, -0.15) is 0 Å². The Balaban J connectivity index is 1.95. The van der Waals surface area contributed by atoms with Crippen molar-refractivity contribution in [2.24, 2.45) is 0 Å². The van der Waals surface area contributed by atoms with Gasteiger partial charge in [0.1, 0.15) is 5.75 Å². The second-order valence-electron chi connectivity index (χ2n) is 6.98. The van der Waals surface area contributed by atoms with Gasteiger partial charge in [0.25, 0.3) is 0 Å². The van der Waals surface area contributed by atoms with Crippen molar-refractivity contribution >= 4 is 23.4 Å². The number of carbonyl (C=O) groups excluding carboxylic acids is 2. The number of ether oxygens (including phenoxy) is 2. The number of hydrogen-bond donors (Lipinski definition) is 0. The van der Waals surface area contributed by atoms with Crippen LogP contribution in [0.25, 0.3) is 0 Å². The van der Waals surface area contributed by atoms with Crippen molar-refractivity contribution < 1.29 is 19.1 Å². The molecule has 0 N–H and O–H groups in total. The Labute approximate surface area is 165 Å². The van der Waals surface area contributed by atoms with Gasteiger partial charge in [-0.05, 0) is 55.5 Å². The third kappa shape index (κ3) is 5.57. The smallest absolute Gasteiger partial charge is 0.344 e. The number of ketones is 1. The van der Waals surface area contributed by atoms with Crippen LogP contribution in [0, 0.1) is 20.8 Å². The predicted molar refractivity (Wildman–Crippen MR) is 107 cm³/mol. The van der Waals surface area contributed by atoms with Gasteiger partial charge in [-0.1, -0.05) is 49.2 Å². The van der Waals surface area contributed by atoms with Crippen molar-refractivity contribution in [1.29, 1.82) is 0 Å². The normalized spacial score (nSPS) is 10.8. The number of Topliss-reactive ketones (excluding diaryl/α,β-unsaturated/α-hetero) is 1. The first-order valence-electron chi connectivity index (χ1n) is 8.88. The van der Waals surface area contributed by atoms with E-state index in [9.17, 15) is 9.59 Å². The van der Waals surface area contributed by atoms with Gasteiger partial charge >= 0.3 is 5.97 Å². The Morgan fingerprint density at radius 2 is 1.70 bits per heavy atom. The summed E-state index contributed by atoms with van der Waals surface area (Å²) in [5, 5.41) is 0.660. The van der Waals surface area contributed by atoms with Crippen molar-refractivity contribution in [1.82, 2.24) is 0 Å². The average Bonchev–Trinajstić information content (AvgIpc) is 2.60. The summed E-state index contributed by atoms with van der Waals surface area (Å²) in [6.07, 6.45) is 0. The van der Waals surface area contributed by atoms with E-state index in [0.29, 0.717) is 16.3 Å². The quantitative estimate of drug-likeness (QED) is 0.483. The van der Waals surface area contributed by atoms with Crippen LogP contribution in [0.2, 0.25) is 5.02 Å². The van der Waals surface area contributed by atoms with Crippen LogP contribution in [0.4, 0.5) is 0 Å². The second kappa shape index (κ2) is 9.05. The number of carbonyl (C=O) groups is 2. The molecule has 0 aliphatic rings. The number of benzene rings is 2. The molecule has 2 aromatic carbocycles. The van der Waals surface area contributed by atoms with Gasteiger partial charge in [-0.3, -0.25) is 4.79 Å². The molecule has 0 saturated carbocycles. The molecule has 0 atom stereocenters. The van der Waals surface area contributed by atoms with Gasteiger partial charge in [0.15, 0.2) is 13.2 Å².